The summed E-state index contributed by atoms with van der Waals surface area (Å²) in [6.45, 7) is 0.747. The molecule has 1 aliphatic rings. The van der Waals surface area contributed by atoms with Gasteiger partial charge in [-0.3, -0.25) is 4.79 Å². The fraction of sp³-hybridized carbons (Fsp3) is 0.167. The predicted molar refractivity (Wildman–Crippen MR) is 109 cm³/mol. The van der Waals surface area contributed by atoms with Crippen molar-refractivity contribution in [3.63, 3.8) is 0 Å². The molecule has 0 bridgehead atoms. The lowest BCUT2D eigenvalue weighted by Crippen LogP contribution is -2.22. The van der Waals surface area contributed by atoms with Crippen molar-refractivity contribution >= 4 is 5.91 Å². The number of rotatable bonds is 6. The van der Waals surface area contributed by atoms with Crippen LogP contribution in [0.2, 0.25) is 0 Å². The number of carbonyl (C=O) groups excluding carboxylic acids is 1. The van der Waals surface area contributed by atoms with Gasteiger partial charge in [-0.1, -0.05) is 42.5 Å². The first kappa shape index (κ1) is 18.6. The molecule has 1 aliphatic heterocycles. The number of aryl methyl sites for hydroxylation is 1. The van der Waals surface area contributed by atoms with Gasteiger partial charge in [-0.25, -0.2) is 0 Å². The van der Waals surface area contributed by atoms with Crippen LogP contribution in [-0.4, -0.2) is 12.7 Å². The summed E-state index contributed by atoms with van der Waals surface area (Å²) < 4.78 is 10.7. The Morgan fingerprint density at radius 3 is 2.28 bits per heavy atom. The van der Waals surface area contributed by atoms with Gasteiger partial charge < -0.3 is 14.8 Å². The minimum absolute atomic E-state index is 0.0128. The fourth-order valence-corrected chi connectivity index (χ4v) is 3.20. The monoisotopic (exact) mass is 384 g/mol. The molecule has 1 amide bonds. The van der Waals surface area contributed by atoms with Gasteiger partial charge in [-0.05, 0) is 52.9 Å². The fourth-order valence-electron chi connectivity index (χ4n) is 3.20. The Hall–Kier alpha value is -3.78. The number of fused-ring (bicyclic) bond motifs is 1. The molecule has 0 spiro atoms. The maximum atomic E-state index is 12.2. The molecule has 0 aromatic heterocycles. The number of amides is 1. The van der Waals surface area contributed by atoms with E-state index in [1.165, 1.54) is 0 Å². The Labute approximate surface area is 169 Å². The minimum atomic E-state index is 0.0128. The number of hydrogen-bond donors (Lipinski definition) is 1. The maximum Gasteiger partial charge on any atom is 0.231 e. The lowest BCUT2D eigenvalue weighted by molar-refractivity contribution is -0.121. The Morgan fingerprint density at radius 1 is 0.897 bits per heavy atom. The molecular weight excluding hydrogens is 364 g/mol. The minimum Gasteiger partial charge on any atom is -0.454 e. The summed E-state index contributed by atoms with van der Waals surface area (Å²) >= 11 is 0. The zero-order chi connectivity index (χ0) is 20.1. The van der Waals surface area contributed by atoms with Crippen LogP contribution in [0.4, 0.5) is 0 Å². The standard InChI is InChI=1S/C24H20N2O3/c25-14-18-1-7-20(8-2-18)21-9-3-19(4-10-21)15-26-24(27)12-6-17-5-11-22-23(13-17)29-16-28-22/h1-5,7-11,13H,6,12,15-16H2,(H,26,27). The molecule has 1 heterocycles. The highest BCUT2D eigenvalue weighted by atomic mass is 16.7. The molecule has 0 saturated carbocycles. The number of nitriles is 1. The molecule has 1 N–H and O–H groups in total. The number of hydrogen-bond acceptors (Lipinski definition) is 4. The van der Waals surface area contributed by atoms with Crippen molar-refractivity contribution in [3.05, 3.63) is 83.4 Å². The van der Waals surface area contributed by atoms with E-state index in [1.807, 2.05) is 66.7 Å². The molecule has 5 heteroatoms. The van der Waals surface area contributed by atoms with E-state index in [0.717, 1.165) is 33.8 Å². The number of ether oxygens (including phenoxy) is 2. The van der Waals surface area contributed by atoms with E-state index in [9.17, 15) is 4.79 Å². The van der Waals surface area contributed by atoms with E-state index in [2.05, 4.69) is 11.4 Å². The molecule has 0 atom stereocenters. The summed E-state index contributed by atoms with van der Waals surface area (Å²) in [6.07, 6.45) is 1.07. The highest BCUT2D eigenvalue weighted by Crippen LogP contribution is 2.32. The van der Waals surface area contributed by atoms with Crippen molar-refractivity contribution in [3.8, 4) is 28.7 Å². The van der Waals surface area contributed by atoms with Crippen LogP contribution >= 0.6 is 0 Å². The van der Waals surface area contributed by atoms with Crippen LogP contribution in [0.25, 0.3) is 11.1 Å². The van der Waals surface area contributed by atoms with Gasteiger partial charge in [0.2, 0.25) is 12.7 Å². The molecular formula is C24H20N2O3. The second-order valence-corrected chi connectivity index (χ2v) is 6.85. The number of nitrogens with zero attached hydrogens (tertiary/aromatic N) is 1. The SMILES string of the molecule is N#Cc1ccc(-c2ccc(CNC(=O)CCc3ccc4c(c3)OCO4)cc2)cc1. The van der Waals surface area contributed by atoms with E-state index in [-0.39, 0.29) is 12.7 Å². The van der Waals surface area contributed by atoms with Gasteiger partial charge >= 0.3 is 0 Å². The molecule has 3 aromatic carbocycles. The van der Waals surface area contributed by atoms with Crippen LogP contribution < -0.4 is 14.8 Å². The topological polar surface area (TPSA) is 71.4 Å². The molecule has 0 radical (unpaired) electrons. The normalized spacial score (nSPS) is 11.7. The van der Waals surface area contributed by atoms with Crippen LogP contribution in [0.5, 0.6) is 11.5 Å². The second kappa shape index (κ2) is 8.49. The third-order valence-electron chi connectivity index (χ3n) is 4.87. The van der Waals surface area contributed by atoms with E-state index in [1.54, 1.807) is 0 Å². The van der Waals surface area contributed by atoms with Gasteiger partial charge in [0, 0.05) is 13.0 Å². The van der Waals surface area contributed by atoms with Gasteiger partial charge in [-0.2, -0.15) is 5.26 Å². The van der Waals surface area contributed by atoms with E-state index < -0.39 is 0 Å². The van der Waals surface area contributed by atoms with Crippen LogP contribution in [0.15, 0.2) is 66.7 Å². The third-order valence-corrected chi connectivity index (χ3v) is 4.87. The smallest absolute Gasteiger partial charge is 0.231 e. The Kier molecular flexibility index (Phi) is 5.44. The summed E-state index contributed by atoms with van der Waals surface area (Å²) in [6, 6.07) is 23.4. The Balaban J connectivity index is 1.27. The molecule has 0 saturated heterocycles. The lowest BCUT2D eigenvalue weighted by atomic mass is 10.0. The molecule has 0 fully saturated rings. The first-order chi connectivity index (χ1) is 14.2. The van der Waals surface area contributed by atoms with Crippen LogP contribution in [-0.2, 0) is 17.8 Å². The molecule has 0 unspecified atom stereocenters. The highest BCUT2D eigenvalue weighted by Gasteiger charge is 2.13. The van der Waals surface area contributed by atoms with Crippen molar-refractivity contribution in [1.29, 1.82) is 5.26 Å². The summed E-state index contributed by atoms with van der Waals surface area (Å²) in [5.41, 5.74) is 4.87. The van der Waals surface area contributed by atoms with E-state index in [0.29, 0.717) is 24.9 Å². The maximum absolute atomic E-state index is 12.2. The summed E-state index contributed by atoms with van der Waals surface area (Å²) in [7, 11) is 0. The summed E-state index contributed by atoms with van der Waals surface area (Å²) in [5.74, 6) is 1.51. The Morgan fingerprint density at radius 2 is 1.55 bits per heavy atom. The average molecular weight is 384 g/mol. The zero-order valence-corrected chi connectivity index (χ0v) is 15.9. The molecule has 29 heavy (non-hydrogen) atoms. The third kappa shape index (κ3) is 4.56. The van der Waals surface area contributed by atoms with Crippen molar-refractivity contribution in [1.82, 2.24) is 5.32 Å². The molecule has 4 rings (SSSR count). The van der Waals surface area contributed by atoms with Crippen LogP contribution in [0.1, 0.15) is 23.1 Å². The Bertz CT molecular complexity index is 1050. The number of nitrogens with one attached hydrogen (secondary N) is 1. The molecule has 0 aliphatic carbocycles. The largest absolute Gasteiger partial charge is 0.454 e. The van der Waals surface area contributed by atoms with Crippen molar-refractivity contribution in [2.75, 3.05) is 6.79 Å². The predicted octanol–water partition coefficient (Wildman–Crippen LogP) is 4.20. The average Bonchev–Trinajstić information content (AvgIpc) is 3.24. The van der Waals surface area contributed by atoms with Gasteiger partial charge in [0.15, 0.2) is 11.5 Å². The van der Waals surface area contributed by atoms with Crippen LogP contribution in [0.3, 0.4) is 0 Å². The number of benzene rings is 3. The van der Waals surface area contributed by atoms with E-state index >= 15 is 0 Å². The first-order valence-electron chi connectivity index (χ1n) is 9.46. The van der Waals surface area contributed by atoms with Gasteiger partial charge in [0.25, 0.3) is 0 Å². The van der Waals surface area contributed by atoms with Crippen molar-refractivity contribution in [2.45, 2.75) is 19.4 Å². The summed E-state index contributed by atoms with van der Waals surface area (Å²) in [4.78, 5) is 12.2. The second-order valence-electron chi connectivity index (χ2n) is 6.85. The van der Waals surface area contributed by atoms with Gasteiger partial charge in [-0.15, -0.1) is 0 Å². The molecule has 5 nitrogen and oxygen atoms in total. The van der Waals surface area contributed by atoms with Gasteiger partial charge in [0.05, 0.1) is 11.6 Å². The lowest BCUT2D eigenvalue weighted by Gasteiger charge is -2.08. The highest BCUT2D eigenvalue weighted by molar-refractivity contribution is 5.76. The summed E-state index contributed by atoms with van der Waals surface area (Å²) in [5, 5.41) is 11.8. The van der Waals surface area contributed by atoms with Gasteiger partial charge in [0.1, 0.15) is 0 Å². The first-order valence-corrected chi connectivity index (χ1v) is 9.46. The number of carbonyl (C=O) groups is 1. The van der Waals surface area contributed by atoms with Crippen molar-refractivity contribution < 1.29 is 14.3 Å². The quantitative estimate of drug-likeness (QED) is 0.691. The zero-order valence-electron chi connectivity index (χ0n) is 15.9. The van der Waals surface area contributed by atoms with E-state index in [4.69, 9.17) is 14.7 Å². The molecule has 3 aromatic rings. The molecule has 144 valence electrons. The van der Waals surface area contributed by atoms with Crippen LogP contribution in [0, 0.1) is 11.3 Å². The van der Waals surface area contributed by atoms with Crippen molar-refractivity contribution in [2.24, 2.45) is 0 Å².